The van der Waals surface area contributed by atoms with Gasteiger partial charge in [-0.05, 0) is 37.0 Å². The Bertz CT molecular complexity index is 373. The maximum absolute atomic E-state index is 12.8. The number of hydrogen-bond acceptors (Lipinski definition) is 2. The molecule has 0 aliphatic heterocycles. The average molecular weight is 265 g/mol. The molecule has 2 rings (SSSR count). The maximum atomic E-state index is 12.8. The lowest BCUT2D eigenvalue weighted by molar-refractivity contribution is 0.137. The summed E-state index contributed by atoms with van der Waals surface area (Å²) in [6.45, 7) is 2.64. The summed E-state index contributed by atoms with van der Waals surface area (Å²) in [4.78, 5) is 0. The van der Waals surface area contributed by atoms with E-state index in [0.29, 0.717) is 12.5 Å². The number of aliphatic hydroxyl groups is 1. The zero-order valence-electron chi connectivity index (χ0n) is 11.6. The molecule has 0 amide bonds. The Balaban J connectivity index is 1.73. The Morgan fingerprint density at radius 2 is 1.89 bits per heavy atom. The Labute approximate surface area is 115 Å². The van der Waals surface area contributed by atoms with E-state index >= 15 is 0 Å². The van der Waals surface area contributed by atoms with Crippen LogP contribution >= 0.6 is 0 Å². The van der Waals surface area contributed by atoms with Crippen molar-refractivity contribution in [2.24, 2.45) is 5.92 Å². The topological polar surface area (TPSA) is 32.3 Å². The molecule has 0 aromatic heterocycles. The number of nitrogens with one attached hydrogen (secondary N) is 1. The van der Waals surface area contributed by atoms with E-state index in [1.54, 1.807) is 12.1 Å². The van der Waals surface area contributed by atoms with Crippen LogP contribution < -0.4 is 5.32 Å². The lowest BCUT2D eigenvalue weighted by Gasteiger charge is -2.19. The van der Waals surface area contributed by atoms with E-state index in [1.165, 1.54) is 37.8 Å². The fourth-order valence-electron chi connectivity index (χ4n) is 2.90. The van der Waals surface area contributed by atoms with Crippen LogP contribution in [-0.2, 0) is 0 Å². The Hall–Kier alpha value is -0.930. The monoisotopic (exact) mass is 265 g/mol. The summed E-state index contributed by atoms with van der Waals surface area (Å²) in [6.07, 6.45) is 5.80. The molecule has 2 atom stereocenters. The molecule has 1 saturated carbocycles. The van der Waals surface area contributed by atoms with Gasteiger partial charge in [-0.1, -0.05) is 37.8 Å². The predicted molar refractivity (Wildman–Crippen MR) is 75.4 cm³/mol. The molecular formula is C16H24FNO. The fourth-order valence-corrected chi connectivity index (χ4v) is 2.90. The molecule has 2 unspecified atom stereocenters. The number of benzene rings is 1. The van der Waals surface area contributed by atoms with Gasteiger partial charge in [0, 0.05) is 12.6 Å². The van der Waals surface area contributed by atoms with Crippen LogP contribution in [0.1, 0.15) is 50.6 Å². The van der Waals surface area contributed by atoms with Crippen LogP contribution in [0.3, 0.4) is 0 Å². The first kappa shape index (κ1) is 14.5. The molecule has 1 fully saturated rings. The highest BCUT2D eigenvalue weighted by Crippen LogP contribution is 2.28. The zero-order chi connectivity index (χ0) is 13.7. The van der Waals surface area contributed by atoms with Crippen LogP contribution in [0.15, 0.2) is 24.3 Å². The number of hydrogen-bond donors (Lipinski definition) is 2. The lowest BCUT2D eigenvalue weighted by atomic mass is 9.99. The zero-order valence-corrected chi connectivity index (χ0v) is 11.6. The van der Waals surface area contributed by atoms with Gasteiger partial charge in [-0.3, -0.25) is 0 Å². The van der Waals surface area contributed by atoms with E-state index in [-0.39, 0.29) is 18.0 Å². The third kappa shape index (κ3) is 4.59. The van der Waals surface area contributed by atoms with E-state index in [1.807, 2.05) is 6.92 Å². The minimum absolute atomic E-state index is 0.138. The fraction of sp³-hybridized carbons (Fsp3) is 0.625. The second kappa shape index (κ2) is 7.01. The normalized spacial score (nSPS) is 19.5. The van der Waals surface area contributed by atoms with Crippen LogP contribution in [0.25, 0.3) is 0 Å². The summed E-state index contributed by atoms with van der Waals surface area (Å²) in [5.74, 6) is 0.496. The van der Waals surface area contributed by atoms with E-state index < -0.39 is 0 Å². The van der Waals surface area contributed by atoms with Crippen LogP contribution in [0.4, 0.5) is 4.39 Å². The summed E-state index contributed by atoms with van der Waals surface area (Å²) in [5, 5.41) is 13.3. The van der Waals surface area contributed by atoms with Gasteiger partial charge in [0.25, 0.3) is 0 Å². The van der Waals surface area contributed by atoms with Gasteiger partial charge >= 0.3 is 0 Å². The first-order chi connectivity index (χ1) is 9.15. The quantitative estimate of drug-likeness (QED) is 0.826. The predicted octanol–water partition coefficient (Wildman–Crippen LogP) is 3.42. The van der Waals surface area contributed by atoms with E-state index in [0.717, 1.165) is 12.0 Å². The summed E-state index contributed by atoms with van der Waals surface area (Å²) in [6, 6.07) is 6.66. The van der Waals surface area contributed by atoms with Gasteiger partial charge in [-0.15, -0.1) is 0 Å². The molecule has 2 nitrogen and oxygen atoms in total. The molecule has 0 radical (unpaired) electrons. The molecule has 1 aromatic carbocycles. The minimum Gasteiger partial charge on any atom is -0.392 e. The van der Waals surface area contributed by atoms with Crippen molar-refractivity contribution in [2.75, 3.05) is 6.54 Å². The van der Waals surface area contributed by atoms with Gasteiger partial charge in [0.2, 0.25) is 0 Å². The van der Waals surface area contributed by atoms with Crippen molar-refractivity contribution in [3.8, 4) is 0 Å². The molecule has 0 spiro atoms. The molecule has 2 N–H and O–H groups in total. The summed E-state index contributed by atoms with van der Waals surface area (Å²) >= 11 is 0. The third-order valence-corrected chi connectivity index (χ3v) is 4.11. The second-order valence-corrected chi connectivity index (χ2v) is 5.72. The number of rotatable bonds is 6. The maximum Gasteiger partial charge on any atom is 0.123 e. The van der Waals surface area contributed by atoms with Crippen molar-refractivity contribution in [3.05, 3.63) is 35.6 Å². The molecule has 1 aromatic rings. The number of aliphatic hydroxyl groups excluding tert-OH is 1. The van der Waals surface area contributed by atoms with Gasteiger partial charge in [-0.2, -0.15) is 0 Å². The molecule has 0 saturated heterocycles. The molecule has 1 aliphatic carbocycles. The standard InChI is InChI=1S/C16H24FNO/c1-12(14-6-8-15(17)9-7-14)18-11-16(19)10-13-4-2-3-5-13/h6-9,12-13,16,18-19H,2-5,10-11H2,1H3. The van der Waals surface area contributed by atoms with Crippen molar-refractivity contribution in [1.29, 1.82) is 0 Å². The summed E-state index contributed by atoms with van der Waals surface area (Å²) in [5.41, 5.74) is 1.05. The van der Waals surface area contributed by atoms with Gasteiger partial charge in [-0.25, -0.2) is 4.39 Å². The van der Waals surface area contributed by atoms with E-state index in [9.17, 15) is 9.50 Å². The number of halogens is 1. The van der Waals surface area contributed by atoms with Crippen LogP contribution in [0, 0.1) is 11.7 Å². The Morgan fingerprint density at radius 1 is 1.26 bits per heavy atom. The highest BCUT2D eigenvalue weighted by molar-refractivity contribution is 5.19. The first-order valence-electron chi connectivity index (χ1n) is 7.32. The molecular weight excluding hydrogens is 241 g/mol. The van der Waals surface area contributed by atoms with E-state index in [4.69, 9.17) is 0 Å². The molecule has 0 heterocycles. The summed E-state index contributed by atoms with van der Waals surface area (Å²) in [7, 11) is 0. The van der Waals surface area contributed by atoms with Crippen LogP contribution in [0.5, 0.6) is 0 Å². The van der Waals surface area contributed by atoms with Crippen molar-refractivity contribution in [1.82, 2.24) is 5.32 Å². The minimum atomic E-state index is -0.272. The SMILES string of the molecule is CC(NCC(O)CC1CCCC1)c1ccc(F)cc1. The van der Waals surface area contributed by atoms with Gasteiger partial charge in [0.15, 0.2) is 0 Å². The molecule has 1 aliphatic rings. The second-order valence-electron chi connectivity index (χ2n) is 5.72. The highest BCUT2D eigenvalue weighted by Gasteiger charge is 2.19. The van der Waals surface area contributed by atoms with Gasteiger partial charge in [0.1, 0.15) is 5.82 Å². The van der Waals surface area contributed by atoms with Crippen LogP contribution in [-0.4, -0.2) is 17.8 Å². The van der Waals surface area contributed by atoms with E-state index in [2.05, 4.69) is 5.32 Å². The van der Waals surface area contributed by atoms with Gasteiger partial charge in [0.05, 0.1) is 6.10 Å². The Morgan fingerprint density at radius 3 is 2.53 bits per heavy atom. The highest BCUT2D eigenvalue weighted by atomic mass is 19.1. The average Bonchev–Trinajstić information content (AvgIpc) is 2.89. The molecule has 0 bridgehead atoms. The largest absolute Gasteiger partial charge is 0.392 e. The van der Waals surface area contributed by atoms with Crippen LogP contribution in [0.2, 0.25) is 0 Å². The Kier molecular flexibility index (Phi) is 5.34. The lowest BCUT2D eigenvalue weighted by Crippen LogP contribution is -2.30. The molecule has 19 heavy (non-hydrogen) atoms. The molecule has 106 valence electrons. The van der Waals surface area contributed by atoms with Crippen molar-refractivity contribution in [3.63, 3.8) is 0 Å². The van der Waals surface area contributed by atoms with Crippen molar-refractivity contribution >= 4 is 0 Å². The van der Waals surface area contributed by atoms with Crippen molar-refractivity contribution < 1.29 is 9.50 Å². The summed E-state index contributed by atoms with van der Waals surface area (Å²) < 4.78 is 12.8. The third-order valence-electron chi connectivity index (χ3n) is 4.11. The molecule has 3 heteroatoms. The first-order valence-corrected chi connectivity index (χ1v) is 7.32. The van der Waals surface area contributed by atoms with Gasteiger partial charge < -0.3 is 10.4 Å². The van der Waals surface area contributed by atoms with Crippen molar-refractivity contribution in [2.45, 2.75) is 51.2 Å². The smallest absolute Gasteiger partial charge is 0.123 e.